The summed E-state index contributed by atoms with van der Waals surface area (Å²) >= 11 is 0. The van der Waals surface area contributed by atoms with E-state index >= 15 is 0 Å². The molecule has 2 N–H and O–H groups in total. The van der Waals surface area contributed by atoms with Gasteiger partial charge in [-0.1, -0.05) is 0 Å². The Kier molecular flexibility index (Phi) is 5.62. The van der Waals surface area contributed by atoms with Crippen LogP contribution in [0.3, 0.4) is 0 Å². The van der Waals surface area contributed by atoms with E-state index in [1.165, 1.54) is 5.48 Å². The maximum atomic E-state index is 12.8. The van der Waals surface area contributed by atoms with Crippen molar-refractivity contribution in [2.75, 3.05) is 25.9 Å². The molecule has 2 rings (SSSR count). The predicted octanol–water partition coefficient (Wildman–Crippen LogP) is -1.27. The van der Waals surface area contributed by atoms with Gasteiger partial charge in [-0.05, 0) is 12.1 Å². The molecule has 144 valence electrons. The van der Waals surface area contributed by atoms with E-state index in [1.807, 2.05) is 0 Å². The molecule has 0 spiro atoms. The Hall–Kier alpha value is -2.13. The zero-order valence-electron chi connectivity index (χ0n) is 13.5. The molecule has 1 aromatic rings. The van der Waals surface area contributed by atoms with Crippen LogP contribution in [-0.2, 0) is 24.8 Å². The molecule has 0 unspecified atom stereocenters. The molecule has 1 aromatic carbocycles. The molecule has 1 heterocycles. The normalized spacial score (nSPS) is 19.8. The number of piperazine rings is 1. The van der Waals surface area contributed by atoms with Gasteiger partial charge in [0.05, 0.1) is 16.1 Å². The van der Waals surface area contributed by atoms with Gasteiger partial charge in [-0.2, -0.15) is 8.61 Å². The SMILES string of the molecule is CS(=O)(=O)N1CCN(S(=O)(=O)c2ccc([N+](=O)[O-])cc2)[C@@H](C(=O)NO)C1. The van der Waals surface area contributed by atoms with E-state index in [0.29, 0.717) is 0 Å². The Labute approximate surface area is 149 Å². The number of carbonyl (C=O) groups is 1. The summed E-state index contributed by atoms with van der Waals surface area (Å²) < 4.78 is 50.6. The number of hydrogen-bond acceptors (Lipinski definition) is 8. The van der Waals surface area contributed by atoms with E-state index in [2.05, 4.69) is 0 Å². The molecule has 14 heteroatoms. The summed E-state index contributed by atoms with van der Waals surface area (Å²) in [5.41, 5.74) is 1.02. The number of nitrogens with one attached hydrogen (secondary N) is 1. The summed E-state index contributed by atoms with van der Waals surface area (Å²) in [6.45, 7) is -0.984. The molecule has 26 heavy (non-hydrogen) atoms. The fourth-order valence-corrected chi connectivity index (χ4v) is 4.89. The summed E-state index contributed by atoms with van der Waals surface area (Å²) in [7, 11) is -7.93. The maximum absolute atomic E-state index is 12.8. The van der Waals surface area contributed by atoms with Crippen LogP contribution in [0.4, 0.5) is 5.69 Å². The smallest absolute Gasteiger partial charge is 0.269 e. The minimum absolute atomic E-state index is 0.180. The molecule has 0 bridgehead atoms. The van der Waals surface area contributed by atoms with Crippen LogP contribution < -0.4 is 5.48 Å². The number of non-ortho nitro benzene ring substituents is 1. The molecule has 1 fully saturated rings. The largest absolute Gasteiger partial charge is 0.289 e. The molecule has 1 aliphatic heterocycles. The van der Waals surface area contributed by atoms with E-state index in [1.54, 1.807) is 0 Å². The molecular weight excluding hydrogens is 392 g/mol. The summed E-state index contributed by atoms with van der Waals surface area (Å²) in [4.78, 5) is 21.6. The Morgan fingerprint density at radius 3 is 2.27 bits per heavy atom. The highest BCUT2D eigenvalue weighted by molar-refractivity contribution is 7.89. The lowest BCUT2D eigenvalue weighted by Gasteiger charge is -2.37. The van der Waals surface area contributed by atoms with Gasteiger partial charge in [0.15, 0.2) is 0 Å². The van der Waals surface area contributed by atoms with Gasteiger partial charge in [0.25, 0.3) is 11.6 Å². The number of benzene rings is 1. The maximum Gasteiger partial charge on any atom is 0.269 e. The molecular formula is C12H16N4O8S2. The lowest BCUT2D eigenvalue weighted by atomic mass is 10.2. The monoisotopic (exact) mass is 408 g/mol. The molecule has 1 atom stereocenters. The number of nitro benzene ring substituents is 1. The van der Waals surface area contributed by atoms with Gasteiger partial charge in [-0.3, -0.25) is 20.1 Å². The first-order valence-electron chi connectivity index (χ1n) is 7.14. The lowest BCUT2D eigenvalue weighted by Crippen LogP contribution is -2.60. The van der Waals surface area contributed by atoms with Crippen LogP contribution in [0, 0.1) is 10.1 Å². The van der Waals surface area contributed by atoms with Gasteiger partial charge in [0.1, 0.15) is 6.04 Å². The molecule has 0 radical (unpaired) electrons. The van der Waals surface area contributed by atoms with E-state index in [-0.39, 0.29) is 23.7 Å². The van der Waals surface area contributed by atoms with Crippen LogP contribution in [0.25, 0.3) is 0 Å². The van der Waals surface area contributed by atoms with Crippen LogP contribution in [0.15, 0.2) is 29.2 Å². The third kappa shape index (κ3) is 3.99. The molecule has 1 saturated heterocycles. The average Bonchev–Trinajstić information content (AvgIpc) is 2.59. The van der Waals surface area contributed by atoms with Crippen molar-refractivity contribution in [3.05, 3.63) is 34.4 Å². The minimum Gasteiger partial charge on any atom is -0.289 e. The van der Waals surface area contributed by atoms with Crippen molar-refractivity contribution in [1.82, 2.24) is 14.1 Å². The zero-order valence-corrected chi connectivity index (χ0v) is 15.1. The minimum atomic E-state index is -4.26. The van der Waals surface area contributed by atoms with E-state index in [4.69, 9.17) is 5.21 Å². The summed E-state index contributed by atoms with van der Waals surface area (Å²) in [5.74, 6) is -1.09. The lowest BCUT2D eigenvalue weighted by molar-refractivity contribution is -0.384. The van der Waals surface area contributed by atoms with Crippen LogP contribution in [-0.4, -0.2) is 73.4 Å². The highest BCUT2D eigenvalue weighted by Crippen LogP contribution is 2.24. The molecule has 1 aliphatic rings. The van der Waals surface area contributed by atoms with Gasteiger partial charge in [0, 0.05) is 31.8 Å². The average molecular weight is 408 g/mol. The first-order chi connectivity index (χ1) is 12.0. The van der Waals surface area contributed by atoms with Crippen LogP contribution in [0.2, 0.25) is 0 Å². The third-order valence-electron chi connectivity index (χ3n) is 3.83. The van der Waals surface area contributed by atoms with Gasteiger partial charge >= 0.3 is 0 Å². The number of nitrogens with zero attached hydrogens (tertiary/aromatic N) is 3. The van der Waals surface area contributed by atoms with Crippen molar-refractivity contribution in [3.8, 4) is 0 Å². The second-order valence-corrected chi connectivity index (χ2v) is 9.35. The number of amides is 1. The van der Waals surface area contributed by atoms with Crippen LogP contribution >= 0.6 is 0 Å². The summed E-state index contributed by atoms with van der Waals surface area (Å²) in [5, 5.41) is 19.5. The fraction of sp³-hybridized carbons (Fsp3) is 0.417. The highest BCUT2D eigenvalue weighted by atomic mass is 32.2. The zero-order chi connectivity index (χ0) is 19.7. The Balaban J connectivity index is 2.39. The van der Waals surface area contributed by atoms with Crippen molar-refractivity contribution < 1.29 is 31.8 Å². The number of nitro groups is 1. The second kappa shape index (κ2) is 7.24. The van der Waals surface area contributed by atoms with Crippen molar-refractivity contribution in [2.24, 2.45) is 0 Å². The molecule has 12 nitrogen and oxygen atoms in total. The van der Waals surface area contributed by atoms with Gasteiger partial charge < -0.3 is 0 Å². The van der Waals surface area contributed by atoms with Crippen molar-refractivity contribution in [1.29, 1.82) is 0 Å². The van der Waals surface area contributed by atoms with Gasteiger partial charge in [0.2, 0.25) is 20.0 Å². The predicted molar refractivity (Wildman–Crippen MR) is 87.1 cm³/mol. The Morgan fingerprint density at radius 2 is 1.81 bits per heavy atom. The standard InChI is InChI=1S/C12H16N4O8S2/c1-25(21,22)14-6-7-15(11(8-14)12(17)13-18)26(23,24)10-4-2-9(3-5-10)16(19)20/h2-5,11,18H,6-8H2,1H3,(H,13,17)/t11-/m1/s1. The first kappa shape index (κ1) is 20.2. The molecule has 0 aromatic heterocycles. The Bertz CT molecular complexity index is 913. The van der Waals surface area contributed by atoms with E-state index in [0.717, 1.165) is 39.1 Å². The fourth-order valence-electron chi connectivity index (χ4n) is 2.49. The van der Waals surface area contributed by atoms with Gasteiger partial charge in [-0.15, -0.1) is 0 Å². The first-order valence-corrected chi connectivity index (χ1v) is 10.4. The van der Waals surface area contributed by atoms with Crippen molar-refractivity contribution in [3.63, 3.8) is 0 Å². The Morgan fingerprint density at radius 1 is 1.23 bits per heavy atom. The number of rotatable bonds is 5. The summed E-state index contributed by atoms with van der Waals surface area (Å²) in [6, 6.07) is 2.54. The number of hydrogen-bond donors (Lipinski definition) is 2. The van der Waals surface area contributed by atoms with Crippen molar-refractivity contribution >= 4 is 31.6 Å². The second-order valence-electron chi connectivity index (χ2n) is 5.48. The number of carbonyl (C=O) groups excluding carboxylic acids is 1. The molecule has 0 saturated carbocycles. The third-order valence-corrected chi connectivity index (χ3v) is 7.02. The van der Waals surface area contributed by atoms with Crippen LogP contribution in [0.1, 0.15) is 0 Å². The summed E-state index contributed by atoms with van der Waals surface area (Å²) in [6.07, 6.45) is 0.918. The highest BCUT2D eigenvalue weighted by Gasteiger charge is 2.42. The van der Waals surface area contributed by atoms with Crippen molar-refractivity contribution in [2.45, 2.75) is 10.9 Å². The molecule has 1 amide bonds. The van der Waals surface area contributed by atoms with Crippen LogP contribution in [0.5, 0.6) is 0 Å². The van der Waals surface area contributed by atoms with E-state index in [9.17, 15) is 31.7 Å². The number of hydroxylamine groups is 1. The topological polar surface area (TPSA) is 167 Å². The quantitative estimate of drug-likeness (QED) is 0.345. The van der Waals surface area contributed by atoms with E-state index < -0.39 is 43.5 Å². The number of sulfonamides is 2. The van der Waals surface area contributed by atoms with Gasteiger partial charge in [-0.25, -0.2) is 22.3 Å². The molecule has 0 aliphatic carbocycles.